The average molecular weight is 271 g/mol. The van der Waals surface area contributed by atoms with Gasteiger partial charge in [-0.15, -0.1) is 11.3 Å². The first-order valence-corrected chi connectivity index (χ1v) is 6.40. The number of hydrogen-bond donors (Lipinski definition) is 2. The van der Waals surface area contributed by atoms with Gasteiger partial charge in [-0.25, -0.2) is 4.98 Å². The second kappa shape index (κ2) is 5.44. The zero-order chi connectivity index (χ0) is 12.3. The molecule has 1 heterocycles. The molecule has 0 unspecified atom stereocenters. The van der Waals surface area contributed by atoms with Gasteiger partial charge >= 0.3 is 0 Å². The maximum atomic E-state index is 11.6. The quantitative estimate of drug-likeness (QED) is 0.898. The summed E-state index contributed by atoms with van der Waals surface area (Å²) < 4.78 is 0.979. The first-order chi connectivity index (χ1) is 8.22. The molecular formula is C11H11ClN2O2S. The second-order valence-electron chi connectivity index (χ2n) is 3.50. The number of aromatic nitrogens is 1. The third-order valence-corrected chi connectivity index (χ3v) is 3.39. The lowest BCUT2D eigenvalue weighted by molar-refractivity contribution is -0.116. The molecule has 90 valence electrons. The Morgan fingerprint density at radius 3 is 3.12 bits per heavy atom. The van der Waals surface area contributed by atoms with Crippen molar-refractivity contribution in [2.24, 2.45) is 0 Å². The summed E-state index contributed by atoms with van der Waals surface area (Å²) in [7, 11) is 0. The lowest BCUT2D eigenvalue weighted by Crippen LogP contribution is -2.12. The standard InChI is InChI=1S/C11H11ClN2O2S/c12-7-3-4-8-11(13-6-17-8)10(7)14-9(16)2-1-5-15/h3-4,6,15H,1-2,5H2,(H,14,16). The molecule has 6 heteroatoms. The van der Waals surface area contributed by atoms with Crippen LogP contribution in [0.2, 0.25) is 5.02 Å². The number of fused-ring (bicyclic) bond motifs is 1. The van der Waals surface area contributed by atoms with Crippen molar-refractivity contribution in [3.63, 3.8) is 0 Å². The van der Waals surface area contributed by atoms with Gasteiger partial charge in [-0.1, -0.05) is 11.6 Å². The van der Waals surface area contributed by atoms with E-state index in [4.69, 9.17) is 16.7 Å². The van der Waals surface area contributed by atoms with E-state index in [2.05, 4.69) is 10.3 Å². The number of rotatable bonds is 4. The normalized spacial score (nSPS) is 10.7. The topological polar surface area (TPSA) is 62.2 Å². The van der Waals surface area contributed by atoms with Crippen LogP contribution in [0.25, 0.3) is 10.2 Å². The molecule has 4 nitrogen and oxygen atoms in total. The van der Waals surface area contributed by atoms with Crippen LogP contribution >= 0.6 is 22.9 Å². The van der Waals surface area contributed by atoms with Crippen LogP contribution in [0.1, 0.15) is 12.8 Å². The van der Waals surface area contributed by atoms with Crippen molar-refractivity contribution < 1.29 is 9.90 Å². The Balaban J connectivity index is 2.25. The van der Waals surface area contributed by atoms with E-state index >= 15 is 0 Å². The van der Waals surface area contributed by atoms with Crippen LogP contribution in [0.15, 0.2) is 17.6 Å². The first kappa shape index (κ1) is 12.3. The first-order valence-electron chi connectivity index (χ1n) is 5.15. The van der Waals surface area contributed by atoms with Crippen molar-refractivity contribution in [3.05, 3.63) is 22.7 Å². The fourth-order valence-corrected chi connectivity index (χ4v) is 2.35. The van der Waals surface area contributed by atoms with E-state index in [-0.39, 0.29) is 18.9 Å². The van der Waals surface area contributed by atoms with Gasteiger partial charge in [0.2, 0.25) is 5.91 Å². The zero-order valence-electron chi connectivity index (χ0n) is 8.94. The largest absolute Gasteiger partial charge is 0.396 e. The van der Waals surface area contributed by atoms with Crippen LogP contribution in [0.4, 0.5) is 5.69 Å². The van der Waals surface area contributed by atoms with Crippen LogP contribution in [-0.4, -0.2) is 22.6 Å². The van der Waals surface area contributed by atoms with Gasteiger partial charge in [-0.3, -0.25) is 4.79 Å². The van der Waals surface area contributed by atoms with E-state index in [1.807, 2.05) is 6.07 Å². The summed E-state index contributed by atoms with van der Waals surface area (Å²) in [4.78, 5) is 15.8. The third-order valence-electron chi connectivity index (χ3n) is 2.28. The Hall–Kier alpha value is -1.17. The van der Waals surface area contributed by atoms with E-state index in [1.54, 1.807) is 11.6 Å². The van der Waals surface area contributed by atoms with E-state index in [0.29, 0.717) is 22.6 Å². The van der Waals surface area contributed by atoms with Gasteiger partial charge in [0.15, 0.2) is 0 Å². The van der Waals surface area contributed by atoms with Gasteiger partial charge in [0.25, 0.3) is 0 Å². The number of aliphatic hydroxyl groups is 1. The van der Waals surface area contributed by atoms with Gasteiger partial charge < -0.3 is 10.4 Å². The van der Waals surface area contributed by atoms with Gasteiger partial charge in [-0.2, -0.15) is 0 Å². The lowest BCUT2D eigenvalue weighted by Gasteiger charge is -2.07. The average Bonchev–Trinajstić information content (AvgIpc) is 2.78. The van der Waals surface area contributed by atoms with Crippen molar-refractivity contribution in [2.45, 2.75) is 12.8 Å². The highest BCUT2D eigenvalue weighted by Crippen LogP contribution is 2.32. The highest BCUT2D eigenvalue weighted by Gasteiger charge is 2.11. The van der Waals surface area contributed by atoms with Crippen LogP contribution in [0.3, 0.4) is 0 Å². The van der Waals surface area contributed by atoms with Crippen molar-refractivity contribution in [2.75, 3.05) is 11.9 Å². The molecule has 1 aromatic carbocycles. The minimum absolute atomic E-state index is 0.00204. The Bertz CT molecular complexity index is 541. The third kappa shape index (κ3) is 2.74. The predicted molar refractivity (Wildman–Crippen MR) is 69.6 cm³/mol. The molecule has 2 N–H and O–H groups in total. The molecule has 0 bridgehead atoms. The minimum Gasteiger partial charge on any atom is -0.396 e. The number of anilines is 1. The summed E-state index contributed by atoms with van der Waals surface area (Å²) in [5.41, 5.74) is 2.97. The molecule has 0 saturated heterocycles. The molecule has 0 aliphatic rings. The monoisotopic (exact) mass is 270 g/mol. The highest BCUT2D eigenvalue weighted by atomic mass is 35.5. The molecule has 1 aromatic heterocycles. The molecule has 0 aliphatic heterocycles. The fraction of sp³-hybridized carbons (Fsp3) is 0.273. The summed E-state index contributed by atoms with van der Waals surface area (Å²) in [5.74, 6) is -0.165. The molecule has 1 amide bonds. The Morgan fingerprint density at radius 1 is 1.53 bits per heavy atom. The number of thiazole rings is 1. The maximum absolute atomic E-state index is 11.6. The van der Waals surface area contributed by atoms with E-state index in [1.165, 1.54) is 11.3 Å². The minimum atomic E-state index is -0.165. The molecule has 0 fully saturated rings. The molecule has 0 radical (unpaired) electrons. The summed E-state index contributed by atoms with van der Waals surface area (Å²) in [6.07, 6.45) is 0.712. The SMILES string of the molecule is O=C(CCCO)Nc1c(Cl)ccc2scnc12. The maximum Gasteiger partial charge on any atom is 0.224 e. The number of aliphatic hydroxyl groups excluding tert-OH is 1. The number of carbonyl (C=O) groups excluding carboxylic acids is 1. The zero-order valence-corrected chi connectivity index (χ0v) is 10.5. The van der Waals surface area contributed by atoms with Crippen LogP contribution < -0.4 is 5.32 Å². The molecule has 17 heavy (non-hydrogen) atoms. The summed E-state index contributed by atoms with van der Waals surface area (Å²) in [6.45, 7) is 0.00204. The van der Waals surface area contributed by atoms with Crippen LogP contribution in [0, 0.1) is 0 Å². The van der Waals surface area contributed by atoms with E-state index < -0.39 is 0 Å². The smallest absolute Gasteiger partial charge is 0.224 e. The summed E-state index contributed by atoms with van der Waals surface area (Å²) in [5, 5.41) is 11.9. The summed E-state index contributed by atoms with van der Waals surface area (Å²) >= 11 is 7.53. The summed E-state index contributed by atoms with van der Waals surface area (Å²) in [6, 6.07) is 3.61. The van der Waals surface area contributed by atoms with Crippen molar-refractivity contribution in [1.82, 2.24) is 4.98 Å². The highest BCUT2D eigenvalue weighted by molar-refractivity contribution is 7.16. The molecule has 0 aliphatic carbocycles. The van der Waals surface area contributed by atoms with Gasteiger partial charge in [0, 0.05) is 13.0 Å². The fourth-order valence-electron chi connectivity index (χ4n) is 1.47. The van der Waals surface area contributed by atoms with E-state index in [9.17, 15) is 4.79 Å². The Labute approximate surface area is 107 Å². The van der Waals surface area contributed by atoms with Gasteiger partial charge in [0.1, 0.15) is 5.52 Å². The Kier molecular flexibility index (Phi) is 3.93. The number of hydrogen-bond acceptors (Lipinski definition) is 4. The predicted octanol–water partition coefficient (Wildman–Crippen LogP) is 2.66. The molecule has 0 atom stereocenters. The number of halogens is 1. The molecule has 0 saturated carbocycles. The molecule has 2 aromatic rings. The van der Waals surface area contributed by atoms with Crippen LogP contribution in [0.5, 0.6) is 0 Å². The number of amides is 1. The second-order valence-corrected chi connectivity index (χ2v) is 4.79. The Morgan fingerprint density at radius 2 is 2.35 bits per heavy atom. The van der Waals surface area contributed by atoms with Crippen LogP contribution in [-0.2, 0) is 4.79 Å². The number of nitrogens with one attached hydrogen (secondary N) is 1. The van der Waals surface area contributed by atoms with Gasteiger partial charge in [-0.05, 0) is 18.6 Å². The number of carbonyl (C=O) groups is 1. The van der Waals surface area contributed by atoms with Crippen molar-refractivity contribution in [1.29, 1.82) is 0 Å². The molecule has 0 spiro atoms. The van der Waals surface area contributed by atoms with E-state index in [0.717, 1.165) is 4.70 Å². The number of nitrogens with zero attached hydrogens (tertiary/aromatic N) is 1. The van der Waals surface area contributed by atoms with Gasteiger partial charge in [0.05, 0.1) is 20.9 Å². The molecule has 2 rings (SSSR count). The van der Waals surface area contributed by atoms with Crippen molar-refractivity contribution in [3.8, 4) is 0 Å². The number of benzene rings is 1. The van der Waals surface area contributed by atoms with Crippen molar-refractivity contribution >= 4 is 44.7 Å². The lowest BCUT2D eigenvalue weighted by atomic mass is 10.2. The molecular weight excluding hydrogens is 260 g/mol.